The molecule has 2 nitrogen and oxygen atoms in total. The van der Waals surface area contributed by atoms with E-state index in [2.05, 4.69) is 16.3 Å². The van der Waals surface area contributed by atoms with Gasteiger partial charge in [0.1, 0.15) is 51.0 Å². The van der Waals surface area contributed by atoms with Crippen LogP contribution in [0, 0.1) is 29.1 Å². The number of aromatic nitrogens is 1. The Bertz CT molecular complexity index is 1850. The van der Waals surface area contributed by atoms with Gasteiger partial charge in [-0.25, -0.2) is 26.9 Å². The van der Waals surface area contributed by atoms with Gasteiger partial charge in [-0.05, 0) is 54.3 Å². The summed E-state index contributed by atoms with van der Waals surface area (Å²) in [6, 6.07) is 9.78. The van der Waals surface area contributed by atoms with Crippen LogP contribution in [0.4, 0.5) is 43.9 Å². The number of rotatable bonds is 8. The minimum Gasteiger partial charge on any atom is -0.429 e. The summed E-state index contributed by atoms with van der Waals surface area (Å²) in [6.45, 7) is 3.70. The van der Waals surface area contributed by atoms with Crippen molar-refractivity contribution >= 4 is 21.6 Å². The van der Waals surface area contributed by atoms with Gasteiger partial charge in [0.2, 0.25) is 0 Å². The Morgan fingerprint density at radius 2 is 1.34 bits per heavy atom. The van der Waals surface area contributed by atoms with Crippen molar-refractivity contribution in [3.63, 3.8) is 0 Å². The fourth-order valence-electron chi connectivity index (χ4n) is 4.48. The van der Waals surface area contributed by atoms with Crippen LogP contribution in [-0.4, -0.2) is 4.98 Å². The van der Waals surface area contributed by atoms with Crippen LogP contribution in [0.1, 0.15) is 23.1 Å². The Balaban J connectivity index is 1.42. The number of fused-ring (bicyclic) bond motifs is 1. The highest BCUT2D eigenvalue weighted by atomic mass is 32.1. The normalized spacial score (nSPS) is 12.1. The number of hydrogen-bond donors (Lipinski definition) is 0. The monoisotopic (exact) mass is 641 g/mol. The largest absolute Gasteiger partial charge is 0.432 e. The lowest BCUT2D eigenvalue weighted by Gasteiger charge is -2.21. The maximum Gasteiger partial charge on any atom is 0.432 e. The summed E-state index contributed by atoms with van der Waals surface area (Å²) in [5, 5.41) is 0.465. The number of halogens is 10. The van der Waals surface area contributed by atoms with Crippen LogP contribution in [0.3, 0.4) is 0 Å². The molecule has 0 N–H and O–H groups in total. The molecule has 0 bridgehead atoms. The number of hydrogen-bond acceptors (Lipinski definition) is 3. The molecule has 0 radical (unpaired) electrons. The lowest BCUT2D eigenvalue weighted by Crippen LogP contribution is -2.25. The minimum absolute atomic E-state index is 0.200. The zero-order chi connectivity index (χ0) is 32.0. The minimum atomic E-state index is -5.49. The molecule has 228 valence electrons. The molecule has 0 spiro atoms. The van der Waals surface area contributed by atoms with E-state index in [0.29, 0.717) is 28.2 Å². The van der Waals surface area contributed by atoms with Crippen molar-refractivity contribution in [1.29, 1.82) is 0 Å². The van der Waals surface area contributed by atoms with E-state index in [4.69, 9.17) is 0 Å². The Hall–Kier alpha value is -4.39. The van der Waals surface area contributed by atoms with Gasteiger partial charge in [-0.15, -0.1) is 17.9 Å². The van der Waals surface area contributed by atoms with Gasteiger partial charge < -0.3 is 4.74 Å². The Labute approximate surface area is 246 Å². The third kappa shape index (κ3) is 6.14. The highest BCUT2D eigenvalue weighted by Gasteiger charge is 2.43. The molecule has 0 saturated carbocycles. The van der Waals surface area contributed by atoms with Gasteiger partial charge in [0.15, 0.2) is 0 Å². The third-order valence-corrected chi connectivity index (χ3v) is 7.56. The molecular formula is C31H17F10NOS. The van der Waals surface area contributed by atoms with Crippen molar-refractivity contribution in [3.8, 4) is 27.4 Å². The Morgan fingerprint density at radius 3 is 1.93 bits per heavy atom. The summed E-state index contributed by atoms with van der Waals surface area (Å²) in [7, 11) is 0. The standard InChI is InChI=1S/C31H17F10NOS/c1-2-3-4-15-5-8-25-26(9-15)44-29(42-25)16-6-7-19(20(32)10-16)17-11-21(33)28(22(34)12-17)31(40,41)43-18-13-23(35)27(24(36)14-18)30(37,38)39/h2,5-14H,1,3-4H2. The SMILES string of the molecule is C=CCCc1ccc2nc(-c3ccc(-c4cc(F)c(C(F)(F)Oc5cc(F)c(C(F)(F)F)c(F)c5)c(F)c4)c(F)c3)sc2c1. The number of ether oxygens (including phenoxy) is 1. The highest BCUT2D eigenvalue weighted by molar-refractivity contribution is 7.21. The Kier molecular flexibility index (Phi) is 8.19. The van der Waals surface area contributed by atoms with Crippen molar-refractivity contribution in [2.75, 3.05) is 0 Å². The van der Waals surface area contributed by atoms with Crippen LogP contribution in [0.5, 0.6) is 5.75 Å². The highest BCUT2D eigenvalue weighted by Crippen LogP contribution is 2.41. The lowest BCUT2D eigenvalue weighted by molar-refractivity contribution is -0.189. The molecule has 0 saturated heterocycles. The molecular weight excluding hydrogens is 624 g/mol. The van der Waals surface area contributed by atoms with Crippen LogP contribution in [0.25, 0.3) is 31.9 Å². The molecule has 4 aromatic carbocycles. The third-order valence-electron chi connectivity index (χ3n) is 6.50. The number of alkyl halides is 5. The van der Waals surface area contributed by atoms with E-state index in [1.807, 2.05) is 18.2 Å². The van der Waals surface area contributed by atoms with Gasteiger partial charge >= 0.3 is 12.3 Å². The first-order valence-corrected chi connectivity index (χ1v) is 13.4. The summed E-state index contributed by atoms with van der Waals surface area (Å²) in [6.07, 6.45) is -7.06. The molecule has 44 heavy (non-hydrogen) atoms. The van der Waals surface area contributed by atoms with Crippen LogP contribution in [0.15, 0.2) is 73.3 Å². The molecule has 0 aliphatic heterocycles. The average Bonchev–Trinajstić information content (AvgIpc) is 3.33. The van der Waals surface area contributed by atoms with Crippen LogP contribution in [-0.2, 0) is 18.7 Å². The average molecular weight is 642 g/mol. The second-order valence-electron chi connectivity index (χ2n) is 9.54. The second kappa shape index (κ2) is 11.6. The molecule has 1 aromatic heterocycles. The van der Waals surface area contributed by atoms with Crippen LogP contribution in [0.2, 0.25) is 0 Å². The number of nitrogens with zero attached hydrogens (tertiary/aromatic N) is 1. The molecule has 13 heteroatoms. The van der Waals surface area contributed by atoms with Gasteiger partial charge in [-0.3, -0.25) is 0 Å². The van der Waals surface area contributed by atoms with Crippen LogP contribution >= 0.6 is 11.3 Å². The predicted octanol–water partition coefficient (Wildman–Crippen LogP) is 10.6. The van der Waals surface area contributed by atoms with Crippen molar-refractivity contribution < 1.29 is 48.6 Å². The summed E-state index contributed by atoms with van der Waals surface area (Å²) in [5.74, 6) is -10.8. The van der Waals surface area contributed by atoms with E-state index in [-0.39, 0.29) is 17.7 Å². The van der Waals surface area contributed by atoms with E-state index in [1.54, 1.807) is 6.08 Å². The van der Waals surface area contributed by atoms with Crippen molar-refractivity contribution in [2.24, 2.45) is 0 Å². The van der Waals surface area contributed by atoms with E-state index < -0.39 is 63.8 Å². The predicted molar refractivity (Wildman–Crippen MR) is 145 cm³/mol. The summed E-state index contributed by atoms with van der Waals surface area (Å²) >= 11 is 1.30. The van der Waals surface area contributed by atoms with Gasteiger partial charge in [-0.1, -0.05) is 24.3 Å². The maximum atomic E-state index is 15.2. The summed E-state index contributed by atoms with van der Waals surface area (Å²) in [4.78, 5) is 4.49. The van der Waals surface area contributed by atoms with Gasteiger partial charge in [0, 0.05) is 23.3 Å². The van der Waals surface area contributed by atoms with Crippen molar-refractivity contribution in [1.82, 2.24) is 4.98 Å². The summed E-state index contributed by atoms with van der Waals surface area (Å²) < 4.78 is 145. The zero-order valence-electron chi connectivity index (χ0n) is 22.0. The molecule has 0 unspecified atom stereocenters. The van der Waals surface area contributed by atoms with E-state index in [0.717, 1.165) is 29.2 Å². The molecule has 0 aliphatic rings. The van der Waals surface area contributed by atoms with E-state index >= 15 is 4.39 Å². The summed E-state index contributed by atoms with van der Waals surface area (Å²) in [5.41, 5.74) is -3.08. The smallest absolute Gasteiger partial charge is 0.429 e. The fourth-order valence-corrected chi connectivity index (χ4v) is 5.51. The van der Waals surface area contributed by atoms with Gasteiger partial charge in [0.25, 0.3) is 0 Å². The maximum absolute atomic E-state index is 15.2. The van der Waals surface area contributed by atoms with Crippen molar-refractivity contribution in [3.05, 3.63) is 119 Å². The molecule has 5 aromatic rings. The first kappa shape index (κ1) is 31.0. The van der Waals surface area contributed by atoms with Crippen LogP contribution < -0.4 is 4.74 Å². The molecule has 0 fully saturated rings. The fraction of sp³-hybridized carbons (Fsp3) is 0.129. The van der Waals surface area contributed by atoms with Gasteiger partial charge in [-0.2, -0.15) is 22.0 Å². The van der Waals surface area contributed by atoms with E-state index in [9.17, 15) is 39.5 Å². The first-order chi connectivity index (χ1) is 20.7. The molecule has 0 aliphatic carbocycles. The van der Waals surface area contributed by atoms with E-state index in [1.165, 1.54) is 23.5 Å². The molecule has 5 rings (SSSR count). The Morgan fingerprint density at radius 1 is 0.727 bits per heavy atom. The number of thiazole rings is 1. The topological polar surface area (TPSA) is 22.1 Å². The first-order valence-electron chi connectivity index (χ1n) is 12.6. The molecule has 0 atom stereocenters. The zero-order valence-corrected chi connectivity index (χ0v) is 22.8. The second-order valence-corrected chi connectivity index (χ2v) is 10.6. The molecule has 0 amide bonds. The van der Waals surface area contributed by atoms with Gasteiger partial charge in [0.05, 0.1) is 10.2 Å². The number of allylic oxidation sites excluding steroid dienone is 1. The number of benzene rings is 4. The number of aryl methyl sites for hydroxylation is 1. The molecule has 1 heterocycles. The quantitative estimate of drug-likeness (QED) is 0.124. The lowest BCUT2D eigenvalue weighted by atomic mass is 10.0. The van der Waals surface area contributed by atoms with Crippen molar-refractivity contribution in [2.45, 2.75) is 25.1 Å².